The lowest BCUT2D eigenvalue weighted by Crippen LogP contribution is -2.40. The molecule has 0 bridgehead atoms. The summed E-state index contributed by atoms with van der Waals surface area (Å²) in [6, 6.07) is 17.5. The SMILES string of the molecule is CCCOc1ccc(C(=O)N(Cc2ccc(-c3ccc(Cl)cc3)o2)[C@H]2CCS(=O)(=O)C2)cc1. The maximum absolute atomic E-state index is 13.4. The lowest BCUT2D eigenvalue weighted by molar-refractivity contribution is 0.0666. The molecule has 2 aromatic carbocycles. The minimum absolute atomic E-state index is 0.0405. The maximum atomic E-state index is 13.4. The highest BCUT2D eigenvalue weighted by atomic mass is 35.5. The first-order chi connectivity index (χ1) is 15.8. The molecule has 4 rings (SSSR count). The number of halogens is 1. The number of sulfone groups is 1. The van der Waals surface area contributed by atoms with Crippen molar-refractivity contribution in [2.24, 2.45) is 0 Å². The van der Waals surface area contributed by atoms with E-state index in [2.05, 4.69) is 0 Å². The highest BCUT2D eigenvalue weighted by molar-refractivity contribution is 7.91. The van der Waals surface area contributed by atoms with Crippen LogP contribution in [0.1, 0.15) is 35.9 Å². The van der Waals surface area contributed by atoms with E-state index in [9.17, 15) is 13.2 Å². The Balaban J connectivity index is 1.56. The molecule has 8 heteroatoms. The fraction of sp³-hybridized carbons (Fsp3) is 0.320. The van der Waals surface area contributed by atoms with Gasteiger partial charge in [-0.05, 0) is 73.5 Å². The Hall–Kier alpha value is -2.77. The van der Waals surface area contributed by atoms with E-state index in [-0.39, 0.29) is 24.0 Å². The van der Waals surface area contributed by atoms with Crippen molar-refractivity contribution >= 4 is 27.3 Å². The third kappa shape index (κ3) is 5.78. The predicted molar refractivity (Wildman–Crippen MR) is 128 cm³/mol. The van der Waals surface area contributed by atoms with E-state index < -0.39 is 15.9 Å². The van der Waals surface area contributed by atoms with Crippen LogP contribution in [0.15, 0.2) is 65.1 Å². The molecule has 1 amide bonds. The molecule has 33 heavy (non-hydrogen) atoms. The van der Waals surface area contributed by atoms with Crippen molar-refractivity contribution in [2.75, 3.05) is 18.1 Å². The van der Waals surface area contributed by atoms with Crippen molar-refractivity contribution in [3.05, 3.63) is 77.0 Å². The molecule has 174 valence electrons. The summed E-state index contributed by atoms with van der Waals surface area (Å²) in [5.74, 6) is 1.75. The van der Waals surface area contributed by atoms with Gasteiger partial charge in [-0.15, -0.1) is 0 Å². The standard InChI is InChI=1S/C25H26ClNO5S/c1-2-14-31-22-9-5-19(6-10-22)25(28)27(21-13-15-33(29,30)17-21)16-23-11-12-24(32-23)18-3-7-20(26)8-4-18/h3-12,21H,2,13-17H2,1H3/t21-/m0/s1. The molecule has 1 aromatic heterocycles. The van der Waals surface area contributed by atoms with Crippen molar-refractivity contribution in [1.29, 1.82) is 0 Å². The van der Waals surface area contributed by atoms with Gasteiger partial charge in [-0.3, -0.25) is 4.79 Å². The summed E-state index contributed by atoms with van der Waals surface area (Å²) in [6.45, 7) is 2.81. The van der Waals surface area contributed by atoms with Gasteiger partial charge in [0.15, 0.2) is 9.84 Å². The van der Waals surface area contributed by atoms with Crippen LogP contribution in [0.25, 0.3) is 11.3 Å². The molecule has 0 N–H and O–H groups in total. The number of benzene rings is 2. The van der Waals surface area contributed by atoms with Crippen LogP contribution in [-0.4, -0.2) is 43.4 Å². The van der Waals surface area contributed by atoms with Crippen molar-refractivity contribution in [3.63, 3.8) is 0 Å². The zero-order chi connectivity index (χ0) is 23.4. The number of carbonyl (C=O) groups is 1. The molecular weight excluding hydrogens is 462 g/mol. The third-order valence-corrected chi connectivity index (χ3v) is 7.60. The first-order valence-corrected chi connectivity index (χ1v) is 13.1. The maximum Gasteiger partial charge on any atom is 0.254 e. The molecule has 0 aliphatic carbocycles. The second-order valence-electron chi connectivity index (χ2n) is 8.14. The van der Waals surface area contributed by atoms with Gasteiger partial charge in [0.2, 0.25) is 0 Å². The van der Waals surface area contributed by atoms with Crippen LogP contribution in [-0.2, 0) is 16.4 Å². The second kappa shape index (κ2) is 10.0. The number of hydrogen-bond acceptors (Lipinski definition) is 5. The minimum atomic E-state index is -3.16. The van der Waals surface area contributed by atoms with Crippen molar-refractivity contribution in [1.82, 2.24) is 4.90 Å². The molecular formula is C25H26ClNO5S. The van der Waals surface area contributed by atoms with Gasteiger partial charge in [0.1, 0.15) is 17.3 Å². The average molecular weight is 488 g/mol. The highest BCUT2D eigenvalue weighted by Gasteiger charge is 2.35. The van der Waals surface area contributed by atoms with Crippen molar-refractivity contribution < 1.29 is 22.4 Å². The fourth-order valence-corrected chi connectivity index (χ4v) is 5.72. The van der Waals surface area contributed by atoms with Gasteiger partial charge >= 0.3 is 0 Å². The molecule has 3 aromatic rings. The summed E-state index contributed by atoms with van der Waals surface area (Å²) in [7, 11) is -3.16. The Bertz CT molecular complexity index is 1200. The molecule has 2 heterocycles. The number of rotatable bonds is 8. The fourth-order valence-electron chi connectivity index (χ4n) is 3.87. The van der Waals surface area contributed by atoms with Crippen LogP contribution in [0.4, 0.5) is 0 Å². The van der Waals surface area contributed by atoms with Crippen LogP contribution in [0.2, 0.25) is 5.02 Å². The van der Waals surface area contributed by atoms with E-state index in [4.69, 9.17) is 20.8 Å². The van der Waals surface area contributed by atoms with Crippen molar-refractivity contribution in [3.8, 4) is 17.1 Å². The summed E-state index contributed by atoms with van der Waals surface area (Å²) in [5.41, 5.74) is 1.35. The Morgan fingerprint density at radius 3 is 2.45 bits per heavy atom. The van der Waals surface area contributed by atoms with Gasteiger partial charge in [-0.25, -0.2) is 8.42 Å². The number of carbonyl (C=O) groups excluding carboxylic acids is 1. The van der Waals surface area contributed by atoms with Crippen LogP contribution in [0.5, 0.6) is 5.75 Å². The zero-order valence-corrected chi connectivity index (χ0v) is 19.9. The van der Waals surface area contributed by atoms with Crippen LogP contribution in [0, 0.1) is 0 Å². The van der Waals surface area contributed by atoms with Gasteiger partial charge < -0.3 is 14.1 Å². The van der Waals surface area contributed by atoms with E-state index >= 15 is 0 Å². The largest absolute Gasteiger partial charge is 0.494 e. The van der Waals surface area contributed by atoms with Crippen LogP contribution >= 0.6 is 11.6 Å². The summed E-state index contributed by atoms with van der Waals surface area (Å²) in [6.07, 6.45) is 1.31. The monoisotopic (exact) mass is 487 g/mol. The first-order valence-electron chi connectivity index (χ1n) is 10.9. The Kier molecular flexibility index (Phi) is 7.10. The van der Waals surface area contributed by atoms with E-state index in [1.165, 1.54) is 0 Å². The Labute approximate surface area is 199 Å². The average Bonchev–Trinajstić information content (AvgIpc) is 3.42. The topological polar surface area (TPSA) is 76.8 Å². The van der Waals surface area contributed by atoms with E-state index in [0.717, 1.165) is 12.0 Å². The highest BCUT2D eigenvalue weighted by Crippen LogP contribution is 2.27. The van der Waals surface area contributed by atoms with E-state index in [1.54, 1.807) is 41.3 Å². The third-order valence-electron chi connectivity index (χ3n) is 5.60. The molecule has 1 atom stereocenters. The molecule has 1 saturated heterocycles. The zero-order valence-electron chi connectivity index (χ0n) is 18.4. The molecule has 0 radical (unpaired) electrons. The minimum Gasteiger partial charge on any atom is -0.494 e. The normalized spacial score (nSPS) is 17.1. The quantitative estimate of drug-likeness (QED) is 0.435. The number of nitrogens with zero attached hydrogens (tertiary/aromatic N) is 1. The van der Waals surface area contributed by atoms with Gasteiger partial charge in [-0.1, -0.05) is 18.5 Å². The smallest absolute Gasteiger partial charge is 0.254 e. The first kappa shape index (κ1) is 23.4. The number of ether oxygens (including phenoxy) is 1. The number of amides is 1. The predicted octanol–water partition coefficient (Wildman–Crippen LogP) is 5.22. The molecule has 1 aliphatic rings. The summed E-state index contributed by atoms with van der Waals surface area (Å²) >= 11 is 5.96. The van der Waals surface area contributed by atoms with E-state index in [0.29, 0.717) is 40.9 Å². The van der Waals surface area contributed by atoms with Gasteiger partial charge in [0, 0.05) is 22.2 Å². The second-order valence-corrected chi connectivity index (χ2v) is 10.8. The lowest BCUT2D eigenvalue weighted by atomic mass is 10.1. The van der Waals surface area contributed by atoms with Gasteiger partial charge in [-0.2, -0.15) is 0 Å². The summed E-state index contributed by atoms with van der Waals surface area (Å²) in [4.78, 5) is 15.0. The molecule has 0 saturated carbocycles. The van der Waals surface area contributed by atoms with E-state index in [1.807, 2.05) is 31.2 Å². The Morgan fingerprint density at radius 2 is 1.82 bits per heavy atom. The number of hydrogen-bond donors (Lipinski definition) is 0. The molecule has 0 unspecified atom stereocenters. The number of furan rings is 1. The van der Waals surface area contributed by atoms with Crippen molar-refractivity contribution in [2.45, 2.75) is 32.4 Å². The molecule has 6 nitrogen and oxygen atoms in total. The summed E-state index contributed by atoms with van der Waals surface area (Å²) in [5, 5.41) is 0.635. The molecule has 1 aliphatic heterocycles. The lowest BCUT2D eigenvalue weighted by Gasteiger charge is -2.27. The van der Waals surface area contributed by atoms with Gasteiger partial charge in [0.25, 0.3) is 5.91 Å². The van der Waals surface area contributed by atoms with Crippen LogP contribution < -0.4 is 4.74 Å². The van der Waals surface area contributed by atoms with Crippen LogP contribution in [0.3, 0.4) is 0 Å². The molecule has 1 fully saturated rings. The summed E-state index contributed by atoms with van der Waals surface area (Å²) < 4.78 is 35.9. The molecule has 0 spiro atoms. The Morgan fingerprint density at radius 1 is 1.09 bits per heavy atom. The van der Waals surface area contributed by atoms with Gasteiger partial charge in [0.05, 0.1) is 24.7 Å².